The molecule has 0 saturated heterocycles. The number of nitrogens with two attached hydrogens (primary N) is 1. The number of carbonyl (C=O) groups is 6. The molecule has 2 aromatic carbocycles. The summed E-state index contributed by atoms with van der Waals surface area (Å²) in [5.74, 6) is -3.29. The van der Waals surface area contributed by atoms with Gasteiger partial charge in [0.2, 0.25) is 17.7 Å². The molecule has 7 N–H and O–H groups in total. The number of halogens is 1. The van der Waals surface area contributed by atoms with Crippen molar-refractivity contribution in [2.24, 2.45) is 11.7 Å². The Bertz CT molecular complexity index is 2960. The zero-order chi connectivity index (χ0) is 58.7. The molecule has 1 unspecified atom stereocenters. The highest BCUT2D eigenvalue weighted by Gasteiger charge is 2.38. The lowest BCUT2D eigenvalue weighted by molar-refractivity contribution is -0.148. The van der Waals surface area contributed by atoms with Gasteiger partial charge in [0.05, 0.1) is 114 Å². The van der Waals surface area contributed by atoms with Crippen molar-refractivity contribution in [2.45, 2.75) is 117 Å². The number of urea groups is 1. The van der Waals surface area contributed by atoms with Crippen LogP contribution in [0.3, 0.4) is 0 Å². The van der Waals surface area contributed by atoms with Crippen LogP contribution in [0.5, 0.6) is 5.75 Å². The number of aromatic nitrogens is 2. The van der Waals surface area contributed by atoms with E-state index in [1.54, 1.807) is 25.3 Å². The Balaban J connectivity index is 0.891. The number of cyclic esters (lactones) is 1. The van der Waals surface area contributed by atoms with Gasteiger partial charge in [0.1, 0.15) is 30.3 Å². The number of hydrogen-bond donors (Lipinski definition) is 6. The number of esters is 1. The van der Waals surface area contributed by atoms with Gasteiger partial charge in [0, 0.05) is 42.3 Å². The average molecular weight is 1150 g/mol. The largest absolute Gasteiger partial charge is 0.460 e. The number of anilines is 1. The number of ether oxygens (including phenoxy) is 8. The zero-order valence-electron chi connectivity index (χ0n) is 47.4. The first-order valence-electron chi connectivity index (χ1n) is 28.2. The lowest BCUT2D eigenvalue weighted by atomic mass is 9.81. The van der Waals surface area contributed by atoms with Crippen molar-refractivity contribution in [3.8, 4) is 17.1 Å². The van der Waals surface area contributed by atoms with E-state index in [4.69, 9.17) is 48.6 Å². The van der Waals surface area contributed by atoms with Gasteiger partial charge in [-0.05, 0) is 104 Å². The first-order valence-corrected chi connectivity index (χ1v) is 28.2. The maximum atomic E-state index is 15.5. The number of nitrogens with zero attached hydrogens (tertiary/aromatic N) is 2. The van der Waals surface area contributed by atoms with Gasteiger partial charge in [-0.15, -0.1) is 0 Å². The van der Waals surface area contributed by atoms with Crippen LogP contribution in [0.4, 0.5) is 19.7 Å². The van der Waals surface area contributed by atoms with E-state index in [2.05, 4.69) is 33.5 Å². The molecule has 2 aliphatic heterocycles. The molecule has 4 atom stereocenters. The topological polar surface area (TPSA) is 297 Å². The molecule has 3 aliphatic rings. The second-order valence-electron chi connectivity index (χ2n) is 20.5. The summed E-state index contributed by atoms with van der Waals surface area (Å²) in [6.45, 7) is 14.2. The standard InChI is InChI=1S/C58H77FN8O15/c1-6-18-75-20-22-77-24-26-79-28-29-80-27-25-78-23-21-76-19-16-48(68)66-51(34(3)4)54(70)64-45(9-8-17-61-57(60)73)53(69)62-36-10-12-37(13-11-36)82-58(74)65-44-15-14-39-35(5)43(59)31-46-49(39)50(44)41-32-67-47(52(41)63-46)30-40-38(7-2)56(72)81-33-42(40)55(67)71/h10-13,30-31,34,38,44-45,51H,6-9,14-29,32-33H2,1-5H3,(H,62,69)(H,64,70)(H,65,74)(H,66,68)(H3,60,61,73)/t38?,44-,45-,51-/m0/s1. The van der Waals surface area contributed by atoms with Crippen molar-refractivity contribution in [3.05, 3.63) is 85.9 Å². The minimum Gasteiger partial charge on any atom is -0.460 e. The molecule has 23 nitrogen and oxygen atoms in total. The first-order chi connectivity index (χ1) is 39.6. The van der Waals surface area contributed by atoms with E-state index in [0.717, 1.165) is 18.6 Å². The van der Waals surface area contributed by atoms with Crippen LogP contribution in [0.25, 0.3) is 22.3 Å². The molecule has 1 aliphatic carbocycles. The van der Waals surface area contributed by atoms with E-state index in [9.17, 15) is 33.6 Å². The molecular weight excluding hydrogens is 1070 g/mol. The van der Waals surface area contributed by atoms with E-state index in [1.165, 1.54) is 30.3 Å². The summed E-state index contributed by atoms with van der Waals surface area (Å²) in [4.78, 5) is 97.4. The van der Waals surface area contributed by atoms with E-state index >= 15 is 4.39 Å². The number of fused-ring (bicyclic) bond motifs is 5. The molecular formula is C58H77FN8O15. The van der Waals surface area contributed by atoms with Gasteiger partial charge in [-0.25, -0.2) is 19.0 Å². The van der Waals surface area contributed by atoms with Crippen LogP contribution in [0.1, 0.15) is 112 Å². The Labute approximate surface area is 475 Å². The normalized spacial score (nSPS) is 15.7. The van der Waals surface area contributed by atoms with Crippen LogP contribution in [0, 0.1) is 18.7 Å². The number of amides is 6. The quantitative estimate of drug-likeness (QED) is 0.0235. The van der Waals surface area contributed by atoms with Crippen LogP contribution in [0.2, 0.25) is 0 Å². The fourth-order valence-electron chi connectivity index (χ4n) is 10.2. The van der Waals surface area contributed by atoms with Crippen molar-refractivity contribution in [3.63, 3.8) is 0 Å². The molecule has 2 aromatic heterocycles. The molecule has 6 amide bonds. The summed E-state index contributed by atoms with van der Waals surface area (Å²) in [6.07, 6.45) is 1.76. The van der Waals surface area contributed by atoms with E-state index in [1.807, 2.05) is 13.0 Å². The van der Waals surface area contributed by atoms with Gasteiger partial charge < -0.3 is 74.8 Å². The maximum Gasteiger partial charge on any atom is 0.413 e. The third-order valence-electron chi connectivity index (χ3n) is 14.4. The second-order valence-corrected chi connectivity index (χ2v) is 20.5. The molecule has 0 bridgehead atoms. The number of carbonyl (C=O) groups excluding carboxylic acids is 6. The van der Waals surface area contributed by atoms with Crippen molar-refractivity contribution in [1.82, 2.24) is 30.8 Å². The molecule has 0 radical (unpaired) electrons. The monoisotopic (exact) mass is 1140 g/mol. The lowest BCUT2D eigenvalue weighted by Gasteiger charge is -2.29. The van der Waals surface area contributed by atoms with Crippen LogP contribution in [0.15, 0.2) is 41.2 Å². The maximum absolute atomic E-state index is 15.5. The molecule has 82 heavy (non-hydrogen) atoms. The summed E-state index contributed by atoms with van der Waals surface area (Å²) < 4.78 is 61.0. The van der Waals surface area contributed by atoms with Gasteiger partial charge in [-0.1, -0.05) is 27.7 Å². The van der Waals surface area contributed by atoms with Crippen LogP contribution < -0.4 is 42.6 Å². The highest BCUT2D eigenvalue weighted by molar-refractivity contribution is 5.99. The Morgan fingerprint density at radius 2 is 1.45 bits per heavy atom. The van der Waals surface area contributed by atoms with Gasteiger partial charge >= 0.3 is 18.1 Å². The van der Waals surface area contributed by atoms with Crippen molar-refractivity contribution in [1.29, 1.82) is 0 Å². The Hall–Kier alpha value is -7.09. The summed E-state index contributed by atoms with van der Waals surface area (Å²) >= 11 is 0. The summed E-state index contributed by atoms with van der Waals surface area (Å²) in [7, 11) is 0. The Kier molecular flexibility index (Phi) is 23.5. The van der Waals surface area contributed by atoms with Gasteiger partial charge in [0.15, 0.2) is 0 Å². The highest BCUT2D eigenvalue weighted by atomic mass is 19.1. The number of primary amides is 1. The Morgan fingerprint density at radius 3 is 2.06 bits per heavy atom. The second kappa shape index (κ2) is 30.8. The molecule has 24 heteroatoms. The summed E-state index contributed by atoms with van der Waals surface area (Å²) in [5, 5.41) is 14.5. The molecule has 446 valence electrons. The highest BCUT2D eigenvalue weighted by Crippen LogP contribution is 2.45. The van der Waals surface area contributed by atoms with Crippen LogP contribution in [-0.4, -0.2) is 143 Å². The van der Waals surface area contributed by atoms with E-state index in [0.29, 0.717) is 135 Å². The molecule has 7 rings (SSSR count). The van der Waals surface area contributed by atoms with Crippen LogP contribution in [-0.2, 0) is 71.9 Å². The minimum atomic E-state index is -1.11. The van der Waals surface area contributed by atoms with Gasteiger partial charge in [-0.3, -0.25) is 24.0 Å². The molecule has 0 spiro atoms. The SMILES string of the molecule is CCCOCCOCCOCCOCCOCCOCCC(=O)N[C@H](C(=O)N[C@@H](CCCNC(N)=O)C(=O)Nc1ccc(OC(=O)N[C@H]2CCc3c(C)c(F)cc4nc5c(c2c34)Cn2c-5cc3c(c2=O)COC(=O)C3CC)cc1)C(C)C. The number of rotatable bonds is 33. The van der Waals surface area contributed by atoms with Gasteiger partial charge in [-0.2, -0.15) is 0 Å². The van der Waals surface area contributed by atoms with Crippen molar-refractivity contribution in [2.75, 3.05) is 91.1 Å². The van der Waals surface area contributed by atoms with Crippen molar-refractivity contribution >= 4 is 52.4 Å². The zero-order valence-corrected chi connectivity index (χ0v) is 47.4. The fourth-order valence-corrected chi connectivity index (χ4v) is 10.2. The van der Waals surface area contributed by atoms with E-state index in [-0.39, 0.29) is 69.4 Å². The first kappa shape index (κ1) is 62.5. The fraction of sp³-hybridized carbons (Fsp3) is 0.552. The number of aryl methyl sites for hydroxylation is 1. The smallest absolute Gasteiger partial charge is 0.413 e. The molecule has 4 aromatic rings. The van der Waals surface area contributed by atoms with Crippen molar-refractivity contribution < 1.29 is 71.1 Å². The summed E-state index contributed by atoms with van der Waals surface area (Å²) in [6, 6.07) is 5.69. The average Bonchev–Trinajstić information content (AvgIpc) is 1.76. The molecule has 4 heterocycles. The number of nitrogens with one attached hydrogen (secondary N) is 5. The minimum absolute atomic E-state index is 0.0314. The molecule has 0 fully saturated rings. The Morgan fingerprint density at radius 1 is 0.817 bits per heavy atom. The molecule has 0 saturated carbocycles. The number of pyridine rings is 2. The van der Waals surface area contributed by atoms with Gasteiger partial charge in [0.25, 0.3) is 5.56 Å². The van der Waals surface area contributed by atoms with Crippen LogP contribution >= 0.6 is 0 Å². The third-order valence-corrected chi connectivity index (χ3v) is 14.4. The van der Waals surface area contributed by atoms with E-state index < -0.39 is 65.7 Å². The lowest BCUT2D eigenvalue weighted by Crippen LogP contribution is -2.54. The number of benzene rings is 2. The third kappa shape index (κ3) is 16.6. The predicted molar refractivity (Wildman–Crippen MR) is 299 cm³/mol. The number of hydrogen-bond acceptors (Lipinski definition) is 16. The summed E-state index contributed by atoms with van der Waals surface area (Å²) in [5.41, 5.74) is 10.2. The predicted octanol–water partition coefficient (Wildman–Crippen LogP) is 5.11.